The molecule has 0 spiro atoms. The second-order valence-electron chi connectivity index (χ2n) is 12.5. The van der Waals surface area contributed by atoms with Gasteiger partial charge in [-0.15, -0.1) is 0 Å². The molecule has 11 nitrogen and oxygen atoms in total. The summed E-state index contributed by atoms with van der Waals surface area (Å²) >= 11 is 0. The van der Waals surface area contributed by atoms with Crippen molar-refractivity contribution in [2.24, 2.45) is 22.7 Å². The van der Waals surface area contributed by atoms with E-state index in [1.807, 2.05) is 20.8 Å². The largest absolute Gasteiger partial charge is 0.481 e. The highest BCUT2D eigenvalue weighted by Crippen LogP contribution is 2.62. The van der Waals surface area contributed by atoms with Crippen molar-refractivity contribution in [3.63, 3.8) is 0 Å². The molecule has 1 aliphatic heterocycles. The topological polar surface area (TPSA) is 183 Å². The first-order valence-corrected chi connectivity index (χ1v) is 14.0. The minimum absolute atomic E-state index is 0.0223. The molecule has 11 heteroatoms. The van der Waals surface area contributed by atoms with Crippen LogP contribution in [0.2, 0.25) is 0 Å². The van der Waals surface area contributed by atoms with Crippen molar-refractivity contribution >= 4 is 11.9 Å². The van der Waals surface area contributed by atoms with Crippen LogP contribution in [0.5, 0.6) is 0 Å². The van der Waals surface area contributed by atoms with Crippen molar-refractivity contribution in [1.82, 2.24) is 0 Å². The number of esters is 1. The molecule has 10 atom stereocenters. The molecule has 0 amide bonds. The Morgan fingerprint density at radius 2 is 1.80 bits per heavy atom. The monoisotopic (exact) mass is 570 g/mol. The van der Waals surface area contributed by atoms with E-state index >= 15 is 0 Å². The summed E-state index contributed by atoms with van der Waals surface area (Å²) in [5.41, 5.74) is 1.13. The van der Waals surface area contributed by atoms with Crippen molar-refractivity contribution in [2.75, 3.05) is 13.2 Å². The Labute approximate surface area is 235 Å². The number of ether oxygens (including phenoxy) is 3. The standard InChI is InChI=1S/C29H46O11/c1-15(9-11-38-23(34)13-22(32)33)6-7-17-16(2)18(12-20-28(3,4)21(31)8-10-29(17,20)5)39-27-26(37)25(36)24(35)19(14-30)40-27/h9,17-21,24-27,30-31,35-37H,2,6-8,10-14H2,1,3-5H3,(H,32,33). The van der Waals surface area contributed by atoms with E-state index < -0.39 is 73.3 Å². The fourth-order valence-electron chi connectivity index (χ4n) is 7.00. The highest BCUT2D eigenvalue weighted by Gasteiger charge is 2.58. The third-order valence-corrected chi connectivity index (χ3v) is 9.56. The van der Waals surface area contributed by atoms with Crippen LogP contribution in [-0.2, 0) is 23.8 Å². The lowest BCUT2D eigenvalue weighted by atomic mass is 9.46. The van der Waals surface area contributed by atoms with Crippen LogP contribution in [0.15, 0.2) is 23.8 Å². The quantitative estimate of drug-likeness (QED) is 0.0963. The van der Waals surface area contributed by atoms with Crippen LogP contribution < -0.4 is 0 Å². The number of carbonyl (C=O) groups is 2. The fourth-order valence-corrected chi connectivity index (χ4v) is 7.00. The van der Waals surface area contributed by atoms with Gasteiger partial charge in [0.05, 0.1) is 18.8 Å². The molecule has 0 radical (unpaired) electrons. The van der Waals surface area contributed by atoms with E-state index in [4.69, 9.17) is 19.3 Å². The van der Waals surface area contributed by atoms with Gasteiger partial charge in [-0.3, -0.25) is 9.59 Å². The van der Waals surface area contributed by atoms with Crippen molar-refractivity contribution in [3.05, 3.63) is 23.8 Å². The summed E-state index contributed by atoms with van der Waals surface area (Å²) < 4.78 is 16.8. The molecule has 3 rings (SSSR count). The number of aliphatic carboxylic acids is 1. The summed E-state index contributed by atoms with van der Waals surface area (Å²) in [6.45, 7) is 12.0. The molecular formula is C29H46O11. The number of carbonyl (C=O) groups excluding carboxylic acids is 1. The molecule has 10 unspecified atom stereocenters. The maximum Gasteiger partial charge on any atom is 0.317 e. The zero-order valence-corrected chi connectivity index (χ0v) is 23.9. The summed E-state index contributed by atoms with van der Waals surface area (Å²) in [4.78, 5) is 22.2. The number of allylic oxidation sites excluding steroid dienone is 1. The molecule has 228 valence electrons. The Morgan fingerprint density at radius 1 is 1.12 bits per heavy atom. The average Bonchev–Trinajstić information content (AvgIpc) is 2.87. The predicted molar refractivity (Wildman–Crippen MR) is 143 cm³/mol. The number of hydrogen-bond donors (Lipinski definition) is 6. The van der Waals surface area contributed by atoms with Crippen molar-refractivity contribution in [2.45, 2.75) is 109 Å². The molecule has 6 N–H and O–H groups in total. The lowest BCUT2D eigenvalue weighted by Crippen LogP contribution is -2.61. The Balaban J connectivity index is 1.79. The number of carboxylic acid groups (broad SMARTS) is 1. The SMILES string of the molecule is C=C1C(OC2OC(CO)C(O)C(O)C2O)CC2C(C)(C)C(O)CCC2(C)C1CCC(C)=CCOC(=O)CC(=O)O. The zero-order chi connectivity index (χ0) is 30.0. The maximum absolute atomic E-state index is 11.5. The molecule has 1 heterocycles. The Hall–Kier alpha value is -1.86. The zero-order valence-electron chi connectivity index (χ0n) is 23.9. The predicted octanol–water partition coefficient (Wildman–Crippen LogP) is 1.30. The van der Waals surface area contributed by atoms with Gasteiger partial charge in [-0.1, -0.05) is 32.9 Å². The van der Waals surface area contributed by atoms with Crippen LogP contribution in [0.25, 0.3) is 0 Å². The average molecular weight is 571 g/mol. The van der Waals surface area contributed by atoms with Gasteiger partial charge in [-0.2, -0.15) is 0 Å². The van der Waals surface area contributed by atoms with Gasteiger partial charge in [0, 0.05) is 0 Å². The van der Waals surface area contributed by atoms with Crippen molar-refractivity contribution in [3.8, 4) is 0 Å². The smallest absolute Gasteiger partial charge is 0.317 e. The molecule has 2 aliphatic carbocycles. The van der Waals surface area contributed by atoms with Gasteiger partial charge in [-0.05, 0) is 73.3 Å². The van der Waals surface area contributed by atoms with Crippen LogP contribution in [-0.4, -0.2) is 98.7 Å². The van der Waals surface area contributed by atoms with Crippen LogP contribution in [0.4, 0.5) is 0 Å². The molecule has 1 saturated heterocycles. The summed E-state index contributed by atoms with van der Waals surface area (Å²) in [5, 5.41) is 60.2. The van der Waals surface area contributed by atoms with Gasteiger partial charge < -0.3 is 44.8 Å². The first-order valence-electron chi connectivity index (χ1n) is 14.0. The van der Waals surface area contributed by atoms with E-state index in [0.717, 1.165) is 17.6 Å². The van der Waals surface area contributed by atoms with Gasteiger partial charge in [0.2, 0.25) is 0 Å². The first-order chi connectivity index (χ1) is 18.6. The van der Waals surface area contributed by atoms with Gasteiger partial charge in [0.15, 0.2) is 6.29 Å². The second-order valence-corrected chi connectivity index (χ2v) is 12.5. The van der Waals surface area contributed by atoms with Crippen LogP contribution in [0.1, 0.15) is 66.2 Å². The molecule has 3 aliphatic rings. The van der Waals surface area contributed by atoms with E-state index in [2.05, 4.69) is 13.5 Å². The van der Waals surface area contributed by atoms with E-state index in [1.54, 1.807) is 6.08 Å². The molecule has 0 aromatic carbocycles. The molecule has 0 bridgehead atoms. The minimum Gasteiger partial charge on any atom is -0.481 e. The number of fused-ring (bicyclic) bond motifs is 1. The van der Waals surface area contributed by atoms with Crippen LogP contribution in [0.3, 0.4) is 0 Å². The fraction of sp³-hybridized carbons (Fsp3) is 0.793. The third-order valence-electron chi connectivity index (χ3n) is 9.56. The second kappa shape index (κ2) is 13.0. The molecular weight excluding hydrogens is 524 g/mol. The highest BCUT2D eigenvalue weighted by molar-refractivity contribution is 5.90. The lowest BCUT2D eigenvalue weighted by Gasteiger charge is -2.61. The number of aliphatic hydroxyl groups is 5. The van der Waals surface area contributed by atoms with E-state index in [-0.39, 0.29) is 23.9 Å². The minimum atomic E-state index is -1.56. The van der Waals surface area contributed by atoms with Crippen molar-refractivity contribution in [1.29, 1.82) is 0 Å². The number of hydrogen-bond acceptors (Lipinski definition) is 10. The third kappa shape index (κ3) is 6.78. The lowest BCUT2D eigenvalue weighted by molar-refractivity contribution is -0.313. The Morgan fingerprint density at radius 3 is 2.42 bits per heavy atom. The summed E-state index contributed by atoms with van der Waals surface area (Å²) in [7, 11) is 0. The molecule has 0 aromatic heterocycles. The summed E-state index contributed by atoms with van der Waals surface area (Å²) in [6, 6.07) is 0. The number of rotatable bonds is 10. The van der Waals surface area contributed by atoms with Gasteiger partial charge in [0.1, 0.15) is 37.4 Å². The van der Waals surface area contributed by atoms with Crippen molar-refractivity contribution < 1.29 is 54.4 Å². The van der Waals surface area contributed by atoms with E-state index in [1.165, 1.54) is 0 Å². The first kappa shape index (κ1) is 32.7. The molecule has 2 saturated carbocycles. The molecule has 0 aromatic rings. The summed E-state index contributed by atoms with van der Waals surface area (Å²) in [6.07, 6.45) is -3.68. The summed E-state index contributed by atoms with van der Waals surface area (Å²) in [5.74, 6) is -2.06. The maximum atomic E-state index is 11.5. The van der Waals surface area contributed by atoms with Crippen LogP contribution in [0, 0.1) is 22.7 Å². The molecule has 40 heavy (non-hydrogen) atoms. The number of carboxylic acids is 1. The van der Waals surface area contributed by atoms with Gasteiger partial charge in [-0.25, -0.2) is 0 Å². The number of aliphatic hydroxyl groups excluding tert-OH is 5. The molecule has 3 fully saturated rings. The Kier molecular flexibility index (Phi) is 10.6. The van der Waals surface area contributed by atoms with Gasteiger partial charge >= 0.3 is 11.9 Å². The van der Waals surface area contributed by atoms with Crippen LogP contribution >= 0.6 is 0 Å². The van der Waals surface area contributed by atoms with E-state index in [0.29, 0.717) is 25.7 Å². The van der Waals surface area contributed by atoms with E-state index in [9.17, 15) is 35.1 Å². The van der Waals surface area contributed by atoms with Gasteiger partial charge in [0.25, 0.3) is 0 Å². The normalized spacial score (nSPS) is 39.9. The Bertz CT molecular complexity index is 960. The highest BCUT2D eigenvalue weighted by atomic mass is 16.7.